The first-order valence-corrected chi connectivity index (χ1v) is 9.94. The van der Waals surface area contributed by atoms with Gasteiger partial charge in [-0.1, -0.05) is 32.0 Å². The molecule has 4 nitrogen and oxygen atoms in total. The number of carbonyl (C=O) groups excluding carboxylic acids is 2. The average Bonchev–Trinajstić information content (AvgIpc) is 2.73. The minimum Gasteiger partial charge on any atom is -0.336 e. The lowest BCUT2D eigenvalue weighted by atomic mass is 9.98. The van der Waals surface area contributed by atoms with Gasteiger partial charge in [0.15, 0.2) is 0 Å². The number of rotatable bonds is 5. The molecular formula is C23H28N2O2. The lowest BCUT2D eigenvalue weighted by Gasteiger charge is -2.35. The Bertz CT molecular complexity index is 798. The van der Waals surface area contributed by atoms with Gasteiger partial charge in [-0.05, 0) is 68.0 Å². The molecule has 0 bridgehead atoms. The molecule has 2 aromatic carbocycles. The van der Waals surface area contributed by atoms with Gasteiger partial charge in [0.1, 0.15) is 0 Å². The molecule has 3 rings (SSSR count). The Hall–Kier alpha value is -2.62. The van der Waals surface area contributed by atoms with Crippen LogP contribution in [-0.4, -0.2) is 29.3 Å². The zero-order valence-corrected chi connectivity index (χ0v) is 16.2. The highest BCUT2D eigenvalue weighted by Crippen LogP contribution is 2.22. The van der Waals surface area contributed by atoms with Gasteiger partial charge in [0, 0.05) is 29.4 Å². The highest BCUT2D eigenvalue weighted by molar-refractivity contribution is 6.05. The van der Waals surface area contributed by atoms with Gasteiger partial charge in [-0.25, -0.2) is 0 Å². The molecule has 1 aliphatic heterocycles. The van der Waals surface area contributed by atoms with Gasteiger partial charge in [0.25, 0.3) is 11.8 Å². The van der Waals surface area contributed by atoms with Crippen molar-refractivity contribution in [3.63, 3.8) is 0 Å². The van der Waals surface area contributed by atoms with Crippen LogP contribution in [0.15, 0.2) is 48.5 Å². The predicted molar refractivity (Wildman–Crippen MR) is 109 cm³/mol. The van der Waals surface area contributed by atoms with Crippen molar-refractivity contribution in [2.24, 2.45) is 0 Å². The topological polar surface area (TPSA) is 49.4 Å². The Morgan fingerprint density at radius 2 is 1.70 bits per heavy atom. The molecule has 0 spiro atoms. The number of nitrogens with one attached hydrogen (secondary N) is 1. The van der Waals surface area contributed by atoms with E-state index in [2.05, 4.69) is 19.2 Å². The van der Waals surface area contributed by atoms with Crippen molar-refractivity contribution in [2.45, 2.75) is 52.0 Å². The van der Waals surface area contributed by atoms with Crippen molar-refractivity contribution < 1.29 is 9.59 Å². The quantitative estimate of drug-likeness (QED) is 0.820. The minimum absolute atomic E-state index is 0.0739. The van der Waals surface area contributed by atoms with E-state index in [0.29, 0.717) is 17.2 Å². The van der Waals surface area contributed by atoms with Crippen LogP contribution >= 0.6 is 0 Å². The fourth-order valence-corrected chi connectivity index (χ4v) is 3.77. The fraction of sp³-hybridized carbons (Fsp3) is 0.391. The molecule has 2 amide bonds. The van der Waals surface area contributed by atoms with E-state index in [1.165, 1.54) is 6.42 Å². The van der Waals surface area contributed by atoms with Crippen LogP contribution in [0.1, 0.15) is 65.8 Å². The minimum atomic E-state index is -0.153. The molecule has 4 heteroatoms. The Morgan fingerprint density at radius 3 is 2.41 bits per heavy atom. The molecular weight excluding hydrogens is 336 g/mol. The number of piperidine rings is 1. The summed E-state index contributed by atoms with van der Waals surface area (Å²) in [4.78, 5) is 27.4. The molecule has 142 valence electrons. The number of nitrogens with zero attached hydrogens (tertiary/aromatic N) is 1. The molecule has 1 saturated heterocycles. The fourth-order valence-electron chi connectivity index (χ4n) is 3.77. The van der Waals surface area contributed by atoms with Gasteiger partial charge in [0.05, 0.1) is 0 Å². The molecule has 1 atom stereocenters. The van der Waals surface area contributed by atoms with Gasteiger partial charge < -0.3 is 10.2 Å². The van der Waals surface area contributed by atoms with E-state index in [1.807, 2.05) is 29.2 Å². The first kappa shape index (κ1) is 19.2. The normalized spacial score (nSPS) is 16.8. The van der Waals surface area contributed by atoms with E-state index < -0.39 is 0 Å². The zero-order chi connectivity index (χ0) is 19.2. The summed E-state index contributed by atoms with van der Waals surface area (Å²) in [5, 5.41) is 2.97. The SMILES string of the molecule is CCc1ccccc1NC(=O)c1ccc(C(=O)N2CCCCC2CC)cc1. The maximum absolute atomic E-state index is 12.9. The summed E-state index contributed by atoms with van der Waals surface area (Å²) in [5.74, 6) is -0.0795. The molecule has 0 saturated carbocycles. The highest BCUT2D eigenvalue weighted by atomic mass is 16.2. The summed E-state index contributed by atoms with van der Waals surface area (Å²) < 4.78 is 0. The van der Waals surface area contributed by atoms with Crippen LogP contribution in [0.5, 0.6) is 0 Å². The number of amides is 2. The first-order chi connectivity index (χ1) is 13.1. The van der Waals surface area contributed by atoms with Gasteiger partial charge in [0.2, 0.25) is 0 Å². The van der Waals surface area contributed by atoms with Crippen molar-refractivity contribution in [1.29, 1.82) is 0 Å². The lowest BCUT2D eigenvalue weighted by molar-refractivity contribution is 0.0607. The van der Waals surface area contributed by atoms with E-state index in [0.717, 1.165) is 43.5 Å². The number of benzene rings is 2. The number of anilines is 1. The third-order valence-corrected chi connectivity index (χ3v) is 5.40. The number of hydrogen-bond acceptors (Lipinski definition) is 2. The van der Waals surface area contributed by atoms with E-state index in [9.17, 15) is 9.59 Å². The summed E-state index contributed by atoms with van der Waals surface area (Å²) in [5.41, 5.74) is 3.15. The van der Waals surface area contributed by atoms with Crippen LogP contribution in [-0.2, 0) is 6.42 Å². The zero-order valence-electron chi connectivity index (χ0n) is 16.2. The lowest BCUT2D eigenvalue weighted by Crippen LogP contribution is -2.43. The second kappa shape index (κ2) is 8.85. The molecule has 1 heterocycles. The highest BCUT2D eigenvalue weighted by Gasteiger charge is 2.26. The summed E-state index contributed by atoms with van der Waals surface area (Å²) in [6, 6.07) is 15.2. The Kier molecular flexibility index (Phi) is 6.28. The van der Waals surface area contributed by atoms with Gasteiger partial charge in [-0.2, -0.15) is 0 Å². The molecule has 1 N–H and O–H groups in total. The Balaban J connectivity index is 1.71. The predicted octanol–water partition coefficient (Wildman–Crippen LogP) is 4.91. The van der Waals surface area contributed by atoms with E-state index in [4.69, 9.17) is 0 Å². The molecule has 0 aromatic heterocycles. The van der Waals surface area contributed by atoms with Crippen LogP contribution in [0.4, 0.5) is 5.69 Å². The number of hydrogen-bond donors (Lipinski definition) is 1. The summed E-state index contributed by atoms with van der Waals surface area (Å²) in [6.07, 6.45) is 5.20. The number of likely N-dealkylation sites (tertiary alicyclic amines) is 1. The third-order valence-electron chi connectivity index (χ3n) is 5.40. The molecule has 27 heavy (non-hydrogen) atoms. The van der Waals surface area contributed by atoms with Crippen molar-refractivity contribution in [1.82, 2.24) is 4.90 Å². The van der Waals surface area contributed by atoms with Crippen LogP contribution in [0.25, 0.3) is 0 Å². The van der Waals surface area contributed by atoms with E-state index in [1.54, 1.807) is 24.3 Å². The number of para-hydroxylation sites is 1. The van der Waals surface area contributed by atoms with Crippen molar-refractivity contribution in [3.8, 4) is 0 Å². The average molecular weight is 364 g/mol. The second-order valence-electron chi connectivity index (χ2n) is 7.10. The molecule has 0 aliphatic carbocycles. The monoisotopic (exact) mass is 364 g/mol. The van der Waals surface area contributed by atoms with Crippen LogP contribution in [0, 0.1) is 0 Å². The smallest absolute Gasteiger partial charge is 0.255 e. The summed E-state index contributed by atoms with van der Waals surface area (Å²) in [7, 11) is 0. The second-order valence-corrected chi connectivity index (χ2v) is 7.10. The molecule has 1 aliphatic rings. The van der Waals surface area contributed by atoms with Crippen molar-refractivity contribution in [3.05, 3.63) is 65.2 Å². The standard InChI is InChI=1S/C23H28N2O2/c1-3-17-9-5-6-11-21(17)24-22(26)18-12-14-19(15-13-18)23(27)25-16-8-7-10-20(25)4-2/h5-6,9,11-15,20H,3-4,7-8,10,16H2,1-2H3,(H,24,26). The van der Waals surface area contributed by atoms with Crippen LogP contribution in [0.3, 0.4) is 0 Å². The van der Waals surface area contributed by atoms with E-state index in [-0.39, 0.29) is 11.8 Å². The number of aryl methyl sites for hydroxylation is 1. The largest absolute Gasteiger partial charge is 0.336 e. The molecule has 1 unspecified atom stereocenters. The molecule has 0 radical (unpaired) electrons. The maximum atomic E-state index is 12.9. The molecule has 1 fully saturated rings. The maximum Gasteiger partial charge on any atom is 0.255 e. The van der Waals surface area contributed by atoms with Gasteiger partial charge in [-0.3, -0.25) is 9.59 Å². The molecule has 2 aromatic rings. The summed E-state index contributed by atoms with van der Waals surface area (Å²) >= 11 is 0. The van der Waals surface area contributed by atoms with Crippen LogP contribution < -0.4 is 5.32 Å². The Labute approximate surface area is 161 Å². The van der Waals surface area contributed by atoms with E-state index >= 15 is 0 Å². The van der Waals surface area contributed by atoms with Crippen molar-refractivity contribution >= 4 is 17.5 Å². The Morgan fingerprint density at radius 1 is 1.00 bits per heavy atom. The van der Waals surface area contributed by atoms with Crippen LogP contribution in [0.2, 0.25) is 0 Å². The first-order valence-electron chi connectivity index (χ1n) is 9.94. The number of carbonyl (C=O) groups is 2. The third kappa shape index (κ3) is 4.38. The van der Waals surface area contributed by atoms with Gasteiger partial charge in [-0.15, -0.1) is 0 Å². The van der Waals surface area contributed by atoms with Gasteiger partial charge >= 0.3 is 0 Å². The van der Waals surface area contributed by atoms with Crippen molar-refractivity contribution in [2.75, 3.05) is 11.9 Å². The summed E-state index contributed by atoms with van der Waals surface area (Å²) in [6.45, 7) is 5.03.